The second kappa shape index (κ2) is 7.39. The summed E-state index contributed by atoms with van der Waals surface area (Å²) in [6.45, 7) is 4.57. The van der Waals surface area contributed by atoms with Gasteiger partial charge in [-0.1, -0.05) is 0 Å². The summed E-state index contributed by atoms with van der Waals surface area (Å²) in [6.07, 6.45) is 1.37. The lowest BCUT2D eigenvalue weighted by molar-refractivity contribution is -0.116. The molecule has 1 aromatic heterocycles. The summed E-state index contributed by atoms with van der Waals surface area (Å²) in [5.41, 5.74) is 3.29. The van der Waals surface area contributed by atoms with Crippen LogP contribution in [0.1, 0.15) is 28.8 Å². The second-order valence-electron chi connectivity index (χ2n) is 7.14. The molecule has 0 aliphatic carbocycles. The number of thiophene rings is 1. The van der Waals surface area contributed by atoms with Gasteiger partial charge < -0.3 is 15.2 Å². The third kappa shape index (κ3) is 3.77. The van der Waals surface area contributed by atoms with Gasteiger partial charge in [0, 0.05) is 36.6 Å². The molecule has 2 N–H and O–H groups in total. The van der Waals surface area contributed by atoms with Crippen molar-refractivity contribution >= 4 is 22.9 Å². The van der Waals surface area contributed by atoms with Crippen LogP contribution in [0.2, 0.25) is 0 Å². The number of aliphatic hydroxyl groups is 1. The molecule has 2 aliphatic heterocycles. The van der Waals surface area contributed by atoms with Crippen molar-refractivity contribution in [2.45, 2.75) is 44.9 Å². The van der Waals surface area contributed by atoms with E-state index in [1.807, 2.05) is 18.2 Å². The standard InChI is InChI=1S/C20H24N2O3S/c1-13-7-9-26-19(13)12-22-8-6-18(17(23)11-22)25-15-3-4-16-14(10-15)2-5-20(24)21-16/h3-4,7,9-10,17-18,23H,2,5-6,8,11-12H2,1H3,(H,21,24)/t17-,18-/m1/s1. The number of fused-ring (bicyclic) bond motifs is 1. The molecule has 1 aromatic carbocycles. The van der Waals surface area contributed by atoms with Crippen LogP contribution >= 0.6 is 11.3 Å². The van der Waals surface area contributed by atoms with Crippen molar-refractivity contribution in [1.82, 2.24) is 4.90 Å². The molecule has 0 saturated carbocycles. The summed E-state index contributed by atoms with van der Waals surface area (Å²) in [7, 11) is 0. The van der Waals surface area contributed by atoms with E-state index in [4.69, 9.17) is 4.74 Å². The summed E-state index contributed by atoms with van der Waals surface area (Å²) in [5.74, 6) is 0.835. The molecule has 1 amide bonds. The minimum atomic E-state index is -0.500. The average molecular weight is 372 g/mol. The summed E-state index contributed by atoms with van der Waals surface area (Å²) in [4.78, 5) is 15.1. The summed E-state index contributed by atoms with van der Waals surface area (Å²) >= 11 is 1.78. The highest BCUT2D eigenvalue weighted by molar-refractivity contribution is 7.10. The fourth-order valence-corrected chi connectivity index (χ4v) is 4.58. The highest BCUT2D eigenvalue weighted by Gasteiger charge is 2.30. The van der Waals surface area contributed by atoms with Crippen molar-refractivity contribution in [3.63, 3.8) is 0 Å². The highest BCUT2D eigenvalue weighted by atomic mass is 32.1. The van der Waals surface area contributed by atoms with E-state index in [1.165, 1.54) is 10.4 Å². The molecule has 2 atom stereocenters. The van der Waals surface area contributed by atoms with E-state index in [0.29, 0.717) is 13.0 Å². The van der Waals surface area contributed by atoms with Gasteiger partial charge in [-0.25, -0.2) is 0 Å². The van der Waals surface area contributed by atoms with E-state index in [9.17, 15) is 9.90 Å². The third-order valence-corrected chi connectivity index (χ3v) is 6.21. The van der Waals surface area contributed by atoms with E-state index < -0.39 is 6.10 Å². The Morgan fingerprint density at radius 3 is 3.00 bits per heavy atom. The fourth-order valence-electron chi connectivity index (χ4n) is 3.63. The maximum atomic E-state index is 11.5. The highest BCUT2D eigenvalue weighted by Crippen LogP contribution is 2.29. The Morgan fingerprint density at radius 1 is 1.35 bits per heavy atom. The smallest absolute Gasteiger partial charge is 0.224 e. The Morgan fingerprint density at radius 2 is 2.23 bits per heavy atom. The second-order valence-corrected chi connectivity index (χ2v) is 8.14. The monoisotopic (exact) mass is 372 g/mol. The van der Waals surface area contributed by atoms with Gasteiger partial charge in [-0.15, -0.1) is 11.3 Å². The number of carbonyl (C=O) groups is 1. The van der Waals surface area contributed by atoms with Crippen LogP contribution in [0.4, 0.5) is 5.69 Å². The van der Waals surface area contributed by atoms with Crippen molar-refractivity contribution in [3.05, 3.63) is 45.6 Å². The van der Waals surface area contributed by atoms with Crippen LogP contribution < -0.4 is 10.1 Å². The lowest BCUT2D eigenvalue weighted by Gasteiger charge is -2.36. The maximum Gasteiger partial charge on any atom is 0.224 e. The molecule has 0 unspecified atom stereocenters. The molecule has 26 heavy (non-hydrogen) atoms. The number of benzene rings is 1. The number of hydrogen-bond donors (Lipinski definition) is 2. The first-order chi connectivity index (χ1) is 12.6. The third-order valence-electron chi connectivity index (χ3n) is 5.20. The molecule has 6 heteroatoms. The fraction of sp³-hybridized carbons (Fsp3) is 0.450. The minimum absolute atomic E-state index is 0.0648. The summed E-state index contributed by atoms with van der Waals surface area (Å²) in [6, 6.07) is 7.90. The first kappa shape index (κ1) is 17.5. The van der Waals surface area contributed by atoms with E-state index in [-0.39, 0.29) is 12.0 Å². The van der Waals surface area contributed by atoms with Crippen molar-refractivity contribution in [2.75, 3.05) is 18.4 Å². The molecule has 1 saturated heterocycles. The Balaban J connectivity index is 1.36. The van der Waals surface area contributed by atoms with Gasteiger partial charge in [0.25, 0.3) is 0 Å². The number of ether oxygens (including phenoxy) is 1. The van der Waals surface area contributed by atoms with Crippen molar-refractivity contribution in [3.8, 4) is 5.75 Å². The Hall–Kier alpha value is -1.89. The normalized spacial score (nSPS) is 23.4. The number of aliphatic hydroxyl groups excluding tert-OH is 1. The van der Waals surface area contributed by atoms with Crippen LogP contribution in [-0.4, -0.2) is 41.2 Å². The summed E-state index contributed by atoms with van der Waals surface area (Å²) in [5, 5.41) is 15.6. The number of anilines is 1. The van der Waals surface area contributed by atoms with Gasteiger partial charge in [0.2, 0.25) is 5.91 Å². The Kier molecular flexibility index (Phi) is 4.98. The van der Waals surface area contributed by atoms with Gasteiger partial charge >= 0.3 is 0 Å². The lowest BCUT2D eigenvalue weighted by atomic mass is 10.0. The topological polar surface area (TPSA) is 61.8 Å². The lowest BCUT2D eigenvalue weighted by Crippen LogP contribution is -2.48. The largest absolute Gasteiger partial charge is 0.488 e. The first-order valence-electron chi connectivity index (χ1n) is 9.11. The molecular weight excluding hydrogens is 348 g/mol. The van der Waals surface area contributed by atoms with E-state index in [2.05, 4.69) is 28.6 Å². The van der Waals surface area contributed by atoms with Crippen molar-refractivity contribution in [1.29, 1.82) is 0 Å². The number of amides is 1. The molecular formula is C20H24N2O3S. The Bertz CT molecular complexity index is 804. The zero-order valence-corrected chi connectivity index (χ0v) is 15.7. The molecule has 3 heterocycles. The van der Waals surface area contributed by atoms with Crippen LogP contribution in [0.3, 0.4) is 0 Å². The van der Waals surface area contributed by atoms with Gasteiger partial charge in [-0.2, -0.15) is 0 Å². The van der Waals surface area contributed by atoms with E-state index in [1.54, 1.807) is 11.3 Å². The predicted octanol–water partition coefficient (Wildman–Crippen LogP) is 2.96. The molecule has 4 rings (SSSR count). The number of carbonyl (C=O) groups excluding carboxylic acids is 1. The zero-order valence-electron chi connectivity index (χ0n) is 14.9. The van der Waals surface area contributed by atoms with Crippen LogP contribution in [0, 0.1) is 6.92 Å². The zero-order chi connectivity index (χ0) is 18.1. The molecule has 0 radical (unpaired) electrons. The number of nitrogens with zero attached hydrogens (tertiary/aromatic N) is 1. The number of likely N-dealkylation sites (tertiary alicyclic amines) is 1. The molecule has 0 bridgehead atoms. The minimum Gasteiger partial charge on any atom is -0.488 e. The number of aryl methyl sites for hydroxylation is 2. The van der Waals surface area contributed by atoms with Gasteiger partial charge in [0.1, 0.15) is 18.0 Å². The molecule has 138 valence electrons. The SMILES string of the molecule is Cc1ccsc1CN1CC[C@@H](Oc2ccc3c(c2)CCC(=O)N3)[C@H](O)C1. The number of piperidine rings is 1. The first-order valence-corrected chi connectivity index (χ1v) is 9.99. The molecule has 1 fully saturated rings. The van der Waals surface area contributed by atoms with E-state index in [0.717, 1.165) is 42.9 Å². The van der Waals surface area contributed by atoms with E-state index >= 15 is 0 Å². The molecule has 5 nitrogen and oxygen atoms in total. The maximum absolute atomic E-state index is 11.5. The number of hydrogen-bond acceptors (Lipinski definition) is 5. The molecule has 2 aliphatic rings. The average Bonchev–Trinajstić information content (AvgIpc) is 3.02. The number of β-amino-alcohol motifs (C(OH)–C–C–N with tert-alkyl or cyclic N) is 1. The number of nitrogens with one attached hydrogen (secondary N) is 1. The predicted molar refractivity (Wildman–Crippen MR) is 103 cm³/mol. The van der Waals surface area contributed by atoms with Gasteiger partial charge in [0.15, 0.2) is 0 Å². The van der Waals surface area contributed by atoms with Crippen LogP contribution in [0.15, 0.2) is 29.6 Å². The van der Waals surface area contributed by atoms with Crippen LogP contribution in [0.25, 0.3) is 0 Å². The van der Waals surface area contributed by atoms with Crippen molar-refractivity contribution in [2.24, 2.45) is 0 Å². The van der Waals surface area contributed by atoms with Crippen molar-refractivity contribution < 1.29 is 14.6 Å². The number of rotatable bonds is 4. The molecule has 2 aromatic rings. The summed E-state index contributed by atoms with van der Waals surface area (Å²) < 4.78 is 6.08. The van der Waals surface area contributed by atoms with Gasteiger partial charge in [-0.3, -0.25) is 9.69 Å². The Labute approximate surface area is 157 Å². The quantitative estimate of drug-likeness (QED) is 0.866. The van der Waals surface area contributed by atoms with Crippen LogP contribution in [0.5, 0.6) is 5.75 Å². The van der Waals surface area contributed by atoms with Crippen LogP contribution in [-0.2, 0) is 17.8 Å². The van der Waals surface area contributed by atoms with Gasteiger partial charge in [0.05, 0.1) is 0 Å². The van der Waals surface area contributed by atoms with Gasteiger partial charge in [-0.05, 0) is 60.5 Å². The molecule has 0 spiro atoms.